The summed E-state index contributed by atoms with van der Waals surface area (Å²) >= 11 is 0. The van der Waals surface area contributed by atoms with Gasteiger partial charge in [0.25, 0.3) is 0 Å². The zero-order valence-electron chi connectivity index (χ0n) is 8.56. The first-order valence-corrected chi connectivity index (χ1v) is 5.06. The molecular weight excluding hydrogens is 214 g/mol. The smallest absolute Gasteiger partial charge is 0.233 e. The van der Waals surface area contributed by atoms with Crippen LogP contribution in [0.5, 0.6) is 5.88 Å². The lowest BCUT2D eigenvalue weighted by Gasteiger charge is -2.22. The summed E-state index contributed by atoms with van der Waals surface area (Å²) in [6.07, 6.45) is 4.04. The van der Waals surface area contributed by atoms with Gasteiger partial charge in [0.2, 0.25) is 5.88 Å². The number of piperidine rings is 1. The maximum absolute atomic E-state index is 5.54. The predicted octanol–water partition coefficient (Wildman–Crippen LogP) is 1.28. The summed E-state index contributed by atoms with van der Waals surface area (Å²) in [7, 11) is 0. The van der Waals surface area contributed by atoms with Gasteiger partial charge in [-0.05, 0) is 37.9 Å². The normalized spacial score (nSPS) is 16.8. The second-order valence-corrected chi connectivity index (χ2v) is 3.57. The summed E-state index contributed by atoms with van der Waals surface area (Å²) in [6, 6.07) is 3.68. The molecule has 1 aliphatic rings. The van der Waals surface area contributed by atoms with Gasteiger partial charge in [0.1, 0.15) is 0 Å². The SMILES string of the molecule is Cl.c1cnnc(OCC2CCNCC2)c1. The lowest BCUT2D eigenvalue weighted by atomic mass is 9.99. The average molecular weight is 230 g/mol. The van der Waals surface area contributed by atoms with Crippen molar-refractivity contribution in [2.75, 3.05) is 19.7 Å². The van der Waals surface area contributed by atoms with Gasteiger partial charge in [0.15, 0.2) is 0 Å². The molecule has 0 aromatic carbocycles. The van der Waals surface area contributed by atoms with Gasteiger partial charge in [0.05, 0.1) is 6.61 Å². The zero-order valence-corrected chi connectivity index (χ0v) is 9.37. The van der Waals surface area contributed by atoms with Crippen molar-refractivity contribution in [1.82, 2.24) is 15.5 Å². The maximum Gasteiger partial charge on any atom is 0.233 e. The monoisotopic (exact) mass is 229 g/mol. The Kier molecular flexibility index (Phi) is 5.36. The van der Waals surface area contributed by atoms with Crippen LogP contribution in [-0.4, -0.2) is 29.9 Å². The molecule has 0 spiro atoms. The number of nitrogens with one attached hydrogen (secondary N) is 1. The molecule has 4 nitrogen and oxygen atoms in total. The highest BCUT2D eigenvalue weighted by Crippen LogP contribution is 2.13. The first kappa shape index (κ1) is 12.2. The Morgan fingerprint density at radius 3 is 2.87 bits per heavy atom. The second kappa shape index (κ2) is 6.58. The Balaban J connectivity index is 0.00000112. The molecule has 2 rings (SSSR count). The summed E-state index contributed by atoms with van der Waals surface area (Å²) in [5.74, 6) is 1.30. The third-order valence-corrected chi connectivity index (χ3v) is 2.47. The predicted molar refractivity (Wildman–Crippen MR) is 60.4 cm³/mol. The molecule has 0 aliphatic carbocycles. The molecule has 15 heavy (non-hydrogen) atoms. The molecule has 0 atom stereocenters. The van der Waals surface area contributed by atoms with E-state index >= 15 is 0 Å². The summed E-state index contributed by atoms with van der Waals surface area (Å²) in [5.41, 5.74) is 0. The summed E-state index contributed by atoms with van der Waals surface area (Å²) in [5, 5.41) is 11.0. The topological polar surface area (TPSA) is 47.0 Å². The van der Waals surface area contributed by atoms with E-state index in [4.69, 9.17) is 4.74 Å². The quantitative estimate of drug-likeness (QED) is 0.848. The fourth-order valence-corrected chi connectivity index (χ4v) is 1.62. The van der Waals surface area contributed by atoms with E-state index in [9.17, 15) is 0 Å². The summed E-state index contributed by atoms with van der Waals surface area (Å²) < 4.78 is 5.54. The van der Waals surface area contributed by atoms with E-state index in [1.165, 1.54) is 12.8 Å². The highest BCUT2D eigenvalue weighted by atomic mass is 35.5. The van der Waals surface area contributed by atoms with Gasteiger partial charge >= 0.3 is 0 Å². The van der Waals surface area contributed by atoms with Crippen LogP contribution in [0.3, 0.4) is 0 Å². The van der Waals surface area contributed by atoms with E-state index in [-0.39, 0.29) is 12.4 Å². The van der Waals surface area contributed by atoms with Crippen LogP contribution in [-0.2, 0) is 0 Å². The summed E-state index contributed by atoms with van der Waals surface area (Å²) in [4.78, 5) is 0. The third-order valence-electron chi connectivity index (χ3n) is 2.47. The molecule has 84 valence electrons. The van der Waals surface area contributed by atoms with Gasteiger partial charge in [-0.15, -0.1) is 17.5 Å². The maximum atomic E-state index is 5.54. The van der Waals surface area contributed by atoms with Crippen LogP contribution in [0.2, 0.25) is 0 Å². The average Bonchev–Trinajstić information content (AvgIpc) is 2.29. The Bertz CT molecular complexity index is 265. The van der Waals surface area contributed by atoms with E-state index < -0.39 is 0 Å². The molecule has 1 aromatic rings. The van der Waals surface area contributed by atoms with Crippen LogP contribution >= 0.6 is 12.4 Å². The molecule has 1 saturated heterocycles. The Morgan fingerprint density at radius 1 is 1.40 bits per heavy atom. The van der Waals surface area contributed by atoms with Crippen LogP contribution in [0, 0.1) is 5.92 Å². The number of hydrogen-bond acceptors (Lipinski definition) is 4. The standard InChI is InChI=1S/C10H15N3O.ClH/c1-2-10(13-12-5-1)14-8-9-3-6-11-7-4-9;/h1-2,5,9,11H,3-4,6-8H2;1H. The van der Waals surface area contributed by atoms with Crippen LogP contribution in [0.25, 0.3) is 0 Å². The van der Waals surface area contributed by atoms with Crippen molar-refractivity contribution >= 4 is 12.4 Å². The molecule has 5 heteroatoms. The van der Waals surface area contributed by atoms with E-state index in [1.54, 1.807) is 6.20 Å². The van der Waals surface area contributed by atoms with E-state index in [1.807, 2.05) is 12.1 Å². The van der Waals surface area contributed by atoms with Crippen LogP contribution in [0.4, 0.5) is 0 Å². The minimum atomic E-state index is 0. The number of halogens is 1. The lowest BCUT2D eigenvalue weighted by Crippen LogP contribution is -2.30. The van der Waals surface area contributed by atoms with E-state index in [0.29, 0.717) is 11.8 Å². The fraction of sp³-hybridized carbons (Fsp3) is 0.600. The minimum Gasteiger partial charge on any atom is -0.476 e. The van der Waals surface area contributed by atoms with Crippen LogP contribution in [0.15, 0.2) is 18.3 Å². The van der Waals surface area contributed by atoms with Gasteiger partial charge in [-0.1, -0.05) is 0 Å². The molecule has 1 fully saturated rings. The molecule has 0 unspecified atom stereocenters. The summed E-state index contributed by atoms with van der Waals surface area (Å²) in [6.45, 7) is 2.98. The van der Waals surface area contributed by atoms with Crippen molar-refractivity contribution in [2.45, 2.75) is 12.8 Å². The van der Waals surface area contributed by atoms with Gasteiger partial charge in [-0.2, -0.15) is 5.10 Å². The van der Waals surface area contributed by atoms with Crippen LogP contribution in [0.1, 0.15) is 12.8 Å². The number of aromatic nitrogens is 2. The Morgan fingerprint density at radius 2 is 2.20 bits per heavy atom. The van der Waals surface area contributed by atoms with Crippen molar-refractivity contribution < 1.29 is 4.74 Å². The molecule has 1 aromatic heterocycles. The van der Waals surface area contributed by atoms with Crippen molar-refractivity contribution in [3.05, 3.63) is 18.3 Å². The zero-order chi connectivity index (χ0) is 9.64. The number of hydrogen-bond donors (Lipinski definition) is 1. The fourth-order valence-electron chi connectivity index (χ4n) is 1.62. The van der Waals surface area contributed by atoms with Crippen molar-refractivity contribution in [3.8, 4) is 5.88 Å². The van der Waals surface area contributed by atoms with Crippen molar-refractivity contribution in [2.24, 2.45) is 5.92 Å². The molecule has 0 saturated carbocycles. The van der Waals surface area contributed by atoms with Gasteiger partial charge in [-0.25, -0.2) is 0 Å². The van der Waals surface area contributed by atoms with Crippen LogP contribution < -0.4 is 10.1 Å². The molecule has 1 N–H and O–H groups in total. The van der Waals surface area contributed by atoms with Gasteiger partial charge < -0.3 is 10.1 Å². The number of rotatable bonds is 3. The number of nitrogens with zero attached hydrogens (tertiary/aromatic N) is 2. The largest absolute Gasteiger partial charge is 0.476 e. The molecule has 1 aliphatic heterocycles. The molecular formula is C10H16ClN3O. The highest BCUT2D eigenvalue weighted by molar-refractivity contribution is 5.85. The lowest BCUT2D eigenvalue weighted by molar-refractivity contribution is 0.207. The first-order chi connectivity index (χ1) is 6.95. The Labute approximate surface area is 95.8 Å². The third kappa shape index (κ3) is 4.01. The van der Waals surface area contributed by atoms with Gasteiger partial charge in [-0.3, -0.25) is 0 Å². The van der Waals surface area contributed by atoms with Crippen molar-refractivity contribution in [1.29, 1.82) is 0 Å². The van der Waals surface area contributed by atoms with Crippen molar-refractivity contribution in [3.63, 3.8) is 0 Å². The minimum absolute atomic E-state index is 0. The van der Waals surface area contributed by atoms with Gasteiger partial charge in [0, 0.05) is 12.3 Å². The molecule has 0 bridgehead atoms. The first-order valence-electron chi connectivity index (χ1n) is 5.06. The highest BCUT2D eigenvalue weighted by Gasteiger charge is 2.13. The molecule has 2 heterocycles. The molecule has 0 amide bonds. The molecule has 0 radical (unpaired) electrons. The Hall–Kier alpha value is -0.870. The second-order valence-electron chi connectivity index (χ2n) is 3.57. The number of ether oxygens (including phenoxy) is 1. The van der Waals surface area contributed by atoms with E-state index in [2.05, 4.69) is 15.5 Å². The van der Waals surface area contributed by atoms with E-state index in [0.717, 1.165) is 19.7 Å².